The Morgan fingerprint density at radius 2 is 1.96 bits per heavy atom. The molecule has 1 saturated heterocycles. The number of aryl methyl sites for hydroxylation is 1. The molecule has 28 heavy (non-hydrogen) atoms. The molecule has 1 saturated carbocycles. The summed E-state index contributed by atoms with van der Waals surface area (Å²) in [5.74, 6) is 2.41. The lowest BCUT2D eigenvalue weighted by molar-refractivity contribution is -0.118. The van der Waals surface area contributed by atoms with Crippen LogP contribution in [-0.2, 0) is 4.79 Å². The summed E-state index contributed by atoms with van der Waals surface area (Å²) in [6.07, 6.45) is 13.9. The number of carbonyl (C=O) groups is 1. The van der Waals surface area contributed by atoms with Gasteiger partial charge in [-0.15, -0.1) is 0 Å². The summed E-state index contributed by atoms with van der Waals surface area (Å²) >= 11 is 0. The maximum absolute atomic E-state index is 12.1. The van der Waals surface area contributed by atoms with Crippen LogP contribution in [-0.4, -0.2) is 29.3 Å². The number of hydrogen-bond donors (Lipinski definition) is 0. The standard InChI is InChI=1S/C25H32N2O/c1-16-11-17(14-26-13-16)20-5-6-21-19-15-27(4)23-12-18(28)7-9-25(23,3)22(19)8-10-24(20,21)2/h5,11-14,19,21-22H,6-10,15H2,1-4H3/t19-,21-,22-,24+,25+/m0/s1. The molecule has 1 aromatic heterocycles. The molecule has 5 rings (SSSR count). The van der Waals surface area contributed by atoms with Gasteiger partial charge in [-0.25, -0.2) is 0 Å². The third kappa shape index (κ3) is 2.41. The number of hydrogen-bond acceptors (Lipinski definition) is 3. The van der Waals surface area contributed by atoms with Crippen molar-refractivity contribution in [2.24, 2.45) is 28.6 Å². The quantitative estimate of drug-likeness (QED) is 0.690. The number of carbonyl (C=O) groups excluding carboxylic acids is 1. The van der Waals surface area contributed by atoms with E-state index in [-0.39, 0.29) is 10.8 Å². The molecule has 3 heteroatoms. The molecule has 4 aliphatic rings. The van der Waals surface area contributed by atoms with Crippen LogP contribution in [0.1, 0.15) is 57.1 Å². The molecular weight excluding hydrogens is 344 g/mol. The van der Waals surface area contributed by atoms with Gasteiger partial charge >= 0.3 is 0 Å². The molecule has 0 bridgehead atoms. The Kier molecular flexibility index (Phi) is 3.92. The average Bonchev–Trinajstić information content (AvgIpc) is 3.01. The summed E-state index contributed by atoms with van der Waals surface area (Å²) in [5, 5.41) is 0. The van der Waals surface area contributed by atoms with Gasteiger partial charge in [0.05, 0.1) is 0 Å². The SMILES string of the molecule is Cc1cncc(C2=CC[C@H]3[C@@H]4CN(C)C5=CC(=O)CC[C@]5(C)[C@H]4CC[C@]23C)c1. The lowest BCUT2D eigenvalue weighted by atomic mass is 9.49. The fourth-order valence-electron chi connectivity index (χ4n) is 7.29. The summed E-state index contributed by atoms with van der Waals surface area (Å²) in [6.45, 7) is 8.17. The molecule has 0 radical (unpaired) electrons. The Morgan fingerprint density at radius 1 is 1.14 bits per heavy atom. The van der Waals surface area contributed by atoms with Gasteiger partial charge in [-0.1, -0.05) is 19.9 Å². The van der Waals surface area contributed by atoms with Crippen LogP contribution in [0.15, 0.2) is 36.3 Å². The van der Waals surface area contributed by atoms with Crippen molar-refractivity contribution in [1.82, 2.24) is 9.88 Å². The van der Waals surface area contributed by atoms with E-state index in [0.29, 0.717) is 23.5 Å². The number of rotatable bonds is 1. The van der Waals surface area contributed by atoms with Crippen LogP contribution in [0.2, 0.25) is 0 Å². The van der Waals surface area contributed by atoms with Gasteiger partial charge in [-0.3, -0.25) is 9.78 Å². The molecule has 2 fully saturated rings. The lowest BCUT2D eigenvalue weighted by Gasteiger charge is -2.60. The molecular formula is C25H32N2O. The van der Waals surface area contributed by atoms with Crippen LogP contribution in [0.4, 0.5) is 0 Å². The highest BCUT2D eigenvalue weighted by Crippen LogP contribution is 2.65. The zero-order chi connectivity index (χ0) is 19.7. The minimum absolute atomic E-state index is 0.167. The smallest absolute Gasteiger partial charge is 0.157 e. The van der Waals surface area contributed by atoms with E-state index < -0.39 is 0 Å². The van der Waals surface area contributed by atoms with Crippen molar-refractivity contribution in [2.75, 3.05) is 13.6 Å². The molecule has 0 aromatic carbocycles. The largest absolute Gasteiger partial charge is 0.377 e. The number of nitrogens with zero attached hydrogens (tertiary/aromatic N) is 2. The Hall–Kier alpha value is -1.90. The van der Waals surface area contributed by atoms with Gasteiger partial charge in [-0.05, 0) is 78.5 Å². The molecule has 0 N–H and O–H groups in total. The molecule has 1 aliphatic heterocycles. The molecule has 2 heterocycles. The molecule has 1 aromatic rings. The first-order valence-corrected chi connectivity index (χ1v) is 10.9. The lowest BCUT2D eigenvalue weighted by Crippen LogP contribution is -2.56. The molecule has 0 spiro atoms. The van der Waals surface area contributed by atoms with Crippen molar-refractivity contribution < 1.29 is 4.79 Å². The first kappa shape index (κ1) is 18.1. The van der Waals surface area contributed by atoms with E-state index in [1.807, 2.05) is 12.3 Å². The highest BCUT2D eigenvalue weighted by molar-refractivity contribution is 5.91. The molecule has 3 aliphatic carbocycles. The zero-order valence-electron chi connectivity index (χ0n) is 17.7. The van der Waals surface area contributed by atoms with E-state index in [4.69, 9.17) is 0 Å². The van der Waals surface area contributed by atoms with E-state index in [1.165, 1.54) is 41.7 Å². The van der Waals surface area contributed by atoms with Gasteiger partial charge in [0.2, 0.25) is 0 Å². The molecule has 5 atom stereocenters. The number of likely N-dealkylation sites (tertiary alicyclic amines) is 1. The average molecular weight is 377 g/mol. The van der Waals surface area contributed by atoms with Gasteiger partial charge in [0.25, 0.3) is 0 Å². The van der Waals surface area contributed by atoms with Gasteiger partial charge in [-0.2, -0.15) is 0 Å². The first-order valence-electron chi connectivity index (χ1n) is 10.9. The van der Waals surface area contributed by atoms with E-state index >= 15 is 0 Å². The highest BCUT2D eigenvalue weighted by Gasteiger charge is 2.58. The van der Waals surface area contributed by atoms with Gasteiger partial charge in [0, 0.05) is 49.6 Å². The molecule has 0 amide bonds. The number of aromatic nitrogens is 1. The first-order chi connectivity index (χ1) is 13.3. The van der Waals surface area contributed by atoms with E-state index in [2.05, 4.69) is 56.0 Å². The second-order valence-corrected chi connectivity index (χ2v) is 10.2. The van der Waals surface area contributed by atoms with Crippen LogP contribution in [0.25, 0.3) is 5.57 Å². The van der Waals surface area contributed by atoms with Gasteiger partial charge in [0.1, 0.15) is 0 Å². The topological polar surface area (TPSA) is 33.2 Å². The maximum atomic E-state index is 12.1. The Bertz CT molecular complexity index is 900. The molecule has 0 unspecified atom stereocenters. The Labute approximate surface area is 168 Å². The maximum Gasteiger partial charge on any atom is 0.157 e. The number of allylic oxidation sites excluding steroid dienone is 4. The zero-order valence-corrected chi connectivity index (χ0v) is 17.7. The van der Waals surface area contributed by atoms with Crippen molar-refractivity contribution in [3.63, 3.8) is 0 Å². The summed E-state index contributed by atoms with van der Waals surface area (Å²) in [7, 11) is 2.21. The Balaban J connectivity index is 1.50. The predicted molar refractivity (Wildman–Crippen MR) is 112 cm³/mol. The van der Waals surface area contributed by atoms with Crippen molar-refractivity contribution in [3.8, 4) is 0 Å². The van der Waals surface area contributed by atoms with Crippen molar-refractivity contribution >= 4 is 11.4 Å². The van der Waals surface area contributed by atoms with Gasteiger partial charge < -0.3 is 4.90 Å². The molecule has 3 nitrogen and oxygen atoms in total. The molecule has 148 valence electrons. The number of piperidine rings is 1. The predicted octanol–water partition coefficient (Wildman–Crippen LogP) is 5.02. The summed E-state index contributed by atoms with van der Waals surface area (Å²) in [5.41, 5.74) is 5.82. The normalized spacial score (nSPS) is 39.6. The number of fused-ring (bicyclic) bond motifs is 5. The van der Waals surface area contributed by atoms with E-state index in [1.54, 1.807) is 0 Å². The fourth-order valence-corrected chi connectivity index (χ4v) is 7.29. The number of pyridine rings is 1. The fraction of sp³-hybridized carbons (Fsp3) is 0.600. The van der Waals surface area contributed by atoms with Crippen LogP contribution in [0, 0.1) is 35.5 Å². The Morgan fingerprint density at radius 3 is 2.75 bits per heavy atom. The van der Waals surface area contributed by atoms with Crippen molar-refractivity contribution in [2.45, 2.75) is 52.9 Å². The van der Waals surface area contributed by atoms with Crippen molar-refractivity contribution in [3.05, 3.63) is 47.4 Å². The minimum Gasteiger partial charge on any atom is -0.377 e. The second kappa shape index (κ2) is 6.05. The third-order valence-electron chi connectivity index (χ3n) is 8.69. The summed E-state index contributed by atoms with van der Waals surface area (Å²) < 4.78 is 0. The number of ketones is 1. The third-order valence-corrected chi connectivity index (χ3v) is 8.69. The van der Waals surface area contributed by atoms with Gasteiger partial charge in [0.15, 0.2) is 5.78 Å². The minimum atomic E-state index is 0.167. The van der Waals surface area contributed by atoms with Crippen LogP contribution in [0.5, 0.6) is 0 Å². The van der Waals surface area contributed by atoms with Crippen LogP contribution in [0.3, 0.4) is 0 Å². The van der Waals surface area contributed by atoms with Crippen LogP contribution < -0.4 is 0 Å². The second-order valence-electron chi connectivity index (χ2n) is 10.2. The summed E-state index contributed by atoms with van der Waals surface area (Å²) in [4.78, 5) is 19.0. The van der Waals surface area contributed by atoms with E-state index in [0.717, 1.165) is 19.4 Å². The highest BCUT2D eigenvalue weighted by atomic mass is 16.1. The monoisotopic (exact) mass is 376 g/mol. The van der Waals surface area contributed by atoms with Crippen molar-refractivity contribution in [1.29, 1.82) is 0 Å². The van der Waals surface area contributed by atoms with E-state index in [9.17, 15) is 4.79 Å². The summed E-state index contributed by atoms with van der Waals surface area (Å²) in [6, 6.07) is 2.31. The van der Waals surface area contributed by atoms with Crippen LogP contribution >= 0.6 is 0 Å².